The van der Waals surface area contributed by atoms with Crippen molar-refractivity contribution in [3.8, 4) is 0 Å². The Morgan fingerprint density at radius 3 is 2.24 bits per heavy atom. The Bertz CT molecular complexity index is 774. The van der Waals surface area contributed by atoms with Crippen LogP contribution in [0.2, 0.25) is 0 Å². The van der Waals surface area contributed by atoms with E-state index >= 15 is 0 Å². The van der Waals surface area contributed by atoms with Crippen molar-refractivity contribution < 1.29 is 19.1 Å². The Morgan fingerprint density at radius 2 is 1.66 bits per heavy atom. The van der Waals surface area contributed by atoms with E-state index in [4.69, 9.17) is 4.74 Å². The fourth-order valence-electron chi connectivity index (χ4n) is 4.35. The highest BCUT2D eigenvalue weighted by atomic mass is 16.5. The van der Waals surface area contributed by atoms with Crippen LogP contribution in [-0.4, -0.2) is 96.3 Å². The summed E-state index contributed by atoms with van der Waals surface area (Å²) < 4.78 is 4.83. The molecule has 0 saturated carbocycles. The van der Waals surface area contributed by atoms with Gasteiger partial charge in [0.1, 0.15) is 0 Å². The lowest BCUT2D eigenvalue weighted by atomic mass is 10.0. The molecule has 1 atom stereocenters. The summed E-state index contributed by atoms with van der Waals surface area (Å²) in [6, 6.07) is -0.298. The molecule has 0 bridgehead atoms. The number of rotatable bonds is 6. The molecule has 1 amide bonds. The Morgan fingerprint density at radius 1 is 1.03 bits per heavy atom. The summed E-state index contributed by atoms with van der Waals surface area (Å²) in [5, 5.41) is 0. The molecule has 160 valence electrons. The fourth-order valence-corrected chi connectivity index (χ4v) is 4.35. The third-order valence-electron chi connectivity index (χ3n) is 6.23. The van der Waals surface area contributed by atoms with Crippen molar-refractivity contribution in [2.45, 2.75) is 39.7 Å². The minimum atomic E-state index is -0.431. The molecule has 0 aromatic carbocycles. The summed E-state index contributed by atoms with van der Waals surface area (Å²) in [5.41, 5.74) is 2.20. The highest BCUT2D eigenvalue weighted by Gasteiger charge is 2.31. The lowest BCUT2D eigenvalue weighted by Gasteiger charge is -2.37. The van der Waals surface area contributed by atoms with E-state index in [0.717, 1.165) is 52.1 Å². The first-order valence-electron chi connectivity index (χ1n) is 10.4. The van der Waals surface area contributed by atoms with Crippen LogP contribution in [0.3, 0.4) is 0 Å². The number of aromatic nitrogens is 1. The number of hydrogen-bond donors (Lipinski definition) is 1. The van der Waals surface area contributed by atoms with Crippen LogP contribution in [0.4, 0.5) is 0 Å². The number of amides is 1. The number of Topliss-reactive ketones (excluding diaryl/α,β-unsaturated/α-hetero) is 1. The van der Waals surface area contributed by atoms with Gasteiger partial charge in [-0.3, -0.25) is 19.4 Å². The van der Waals surface area contributed by atoms with Crippen LogP contribution in [0.5, 0.6) is 0 Å². The SMILES string of the molecule is COC(=O)c1c(C)[nH]c(C(=O)C(C)N2CCN(CC(=O)N3CCCC3)CC2)c1C. The van der Waals surface area contributed by atoms with Crippen LogP contribution in [0, 0.1) is 13.8 Å². The summed E-state index contributed by atoms with van der Waals surface area (Å²) in [6.07, 6.45) is 2.21. The van der Waals surface area contributed by atoms with E-state index in [1.807, 2.05) is 11.8 Å². The monoisotopic (exact) mass is 404 g/mol. The average molecular weight is 405 g/mol. The van der Waals surface area contributed by atoms with E-state index in [1.54, 1.807) is 13.8 Å². The van der Waals surface area contributed by atoms with Gasteiger partial charge in [-0.25, -0.2) is 4.79 Å². The van der Waals surface area contributed by atoms with E-state index < -0.39 is 5.97 Å². The minimum Gasteiger partial charge on any atom is -0.465 e. The van der Waals surface area contributed by atoms with E-state index in [-0.39, 0.29) is 17.7 Å². The van der Waals surface area contributed by atoms with Crippen LogP contribution in [0.15, 0.2) is 0 Å². The van der Waals surface area contributed by atoms with Crippen molar-refractivity contribution in [2.75, 3.05) is 52.9 Å². The maximum Gasteiger partial charge on any atom is 0.339 e. The summed E-state index contributed by atoms with van der Waals surface area (Å²) in [4.78, 5) is 46.8. The minimum absolute atomic E-state index is 0.0256. The Balaban J connectivity index is 1.58. The Kier molecular flexibility index (Phi) is 6.74. The van der Waals surface area contributed by atoms with Crippen LogP contribution in [-0.2, 0) is 9.53 Å². The maximum atomic E-state index is 13.1. The standard InChI is InChI=1S/C21H32N4O4/c1-14-18(21(28)29-4)15(2)22-19(14)20(27)16(3)24-11-9-23(10-12-24)13-17(26)25-7-5-6-8-25/h16,22H,5-13H2,1-4H3. The van der Waals surface area contributed by atoms with Gasteiger partial charge in [-0.05, 0) is 39.2 Å². The van der Waals surface area contributed by atoms with E-state index in [2.05, 4.69) is 14.8 Å². The predicted molar refractivity (Wildman–Crippen MR) is 109 cm³/mol. The number of aromatic amines is 1. The van der Waals surface area contributed by atoms with Gasteiger partial charge in [0.05, 0.1) is 31.0 Å². The number of nitrogens with zero attached hydrogens (tertiary/aromatic N) is 3. The van der Waals surface area contributed by atoms with Crippen molar-refractivity contribution >= 4 is 17.7 Å². The third-order valence-corrected chi connectivity index (χ3v) is 6.23. The molecule has 1 aromatic rings. The lowest BCUT2D eigenvalue weighted by Crippen LogP contribution is -2.53. The molecule has 0 radical (unpaired) electrons. The number of hydrogen-bond acceptors (Lipinski definition) is 6. The summed E-state index contributed by atoms with van der Waals surface area (Å²) in [7, 11) is 1.34. The summed E-state index contributed by atoms with van der Waals surface area (Å²) >= 11 is 0. The van der Waals surface area contributed by atoms with Gasteiger partial charge in [0.2, 0.25) is 5.91 Å². The Hall–Kier alpha value is -2.19. The number of H-pyrrole nitrogens is 1. The molecular weight excluding hydrogens is 372 g/mol. The van der Waals surface area contributed by atoms with Gasteiger partial charge in [-0.2, -0.15) is 0 Å². The molecule has 8 nitrogen and oxygen atoms in total. The third kappa shape index (κ3) is 4.53. The molecule has 3 rings (SSSR count). The van der Waals surface area contributed by atoms with Crippen LogP contribution < -0.4 is 0 Å². The van der Waals surface area contributed by atoms with Crippen molar-refractivity contribution in [1.29, 1.82) is 0 Å². The number of carbonyl (C=O) groups is 3. The highest BCUT2D eigenvalue weighted by Crippen LogP contribution is 2.22. The molecule has 1 aromatic heterocycles. The first kappa shape index (κ1) is 21.5. The van der Waals surface area contributed by atoms with Crippen molar-refractivity contribution in [2.24, 2.45) is 0 Å². The predicted octanol–water partition coefficient (Wildman–Crippen LogP) is 1.23. The van der Waals surface area contributed by atoms with Gasteiger partial charge in [0, 0.05) is 45.0 Å². The molecule has 2 aliphatic heterocycles. The first-order valence-corrected chi connectivity index (χ1v) is 10.4. The molecule has 1 unspecified atom stereocenters. The van der Waals surface area contributed by atoms with Crippen LogP contribution >= 0.6 is 0 Å². The number of carbonyl (C=O) groups excluding carboxylic acids is 3. The Labute approximate surface area is 172 Å². The van der Waals surface area contributed by atoms with Crippen molar-refractivity contribution in [1.82, 2.24) is 19.7 Å². The van der Waals surface area contributed by atoms with Gasteiger partial charge < -0.3 is 14.6 Å². The van der Waals surface area contributed by atoms with Gasteiger partial charge in [0.25, 0.3) is 0 Å². The zero-order valence-electron chi connectivity index (χ0n) is 17.9. The van der Waals surface area contributed by atoms with E-state index in [9.17, 15) is 14.4 Å². The van der Waals surface area contributed by atoms with Gasteiger partial charge in [-0.15, -0.1) is 0 Å². The number of ether oxygens (including phenoxy) is 1. The number of piperazine rings is 1. The van der Waals surface area contributed by atoms with Gasteiger partial charge >= 0.3 is 5.97 Å². The number of ketones is 1. The second kappa shape index (κ2) is 9.09. The molecule has 2 saturated heterocycles. The lowest BCUT2D eigenvalue weighted by molar-refractivity contribution is -0.131. The molecule has 1 N–H and O–H groups in total. The molecule has 2 aliphatic rings. The summed E-state index contributed by atoms with van der Waals surface area (Å²) in [5.74, 6) is -0.241. The topological polar surface area (TPSA) is 86.0 Å². The summed E-state index contributed by atoms with van der Waals surface area (Å²) in [6.45, 7) is 10.7. The van der Waals surface area contributed by atoms with Crippen molar-refractivity contribution in [3.63, 3.8) is 0 Å². The smallest absolute Gasteiger partial charge is 0.339 e. The van der Waals surface area contributed by atoms with Crippen LogP contribution in [0.1, 0.15) is 51.9 Å². The second-order valence-corrected chi connectivity index (χ2v) is 8.06. The number of aryl methyl sites for hydroxylation is 1. The van der Waals surface area contributed by atoms with Crippen LogP contribution in [0.25, 0.3) is 0 Å². The quantitative estimate of drug-likeness (QED) is 0.567. The zero-order chi connectivity index (χ0) is 21.1. The molecule has 2 fully saturated rings. The number of nitrogens with one attached hydrogen (secondary N) is 1. The van der Waals surface area contributed by atoms with E-state index in [1.165, 1.54) is 7.11 Å². The van der Waals surface area contributed by atoms with E-state index in [0.29, 0.717) is 29.1 Å². The molecule has 3 heterocycles. The molecule has 29 heavy (non-hydrogen) atoms. The zero-order valence-corrected chi connectivity index (χ0v) is 17.9. The van der Waals surface area contributed by atoms with Crippen molar-refractivity contribution in [3.05, 3.63) is 22.5 Å². The van der Waals surface area contributed by atoms with Gasteiger partial charge in [-0.1, -0.05) is 0 Å². The highest BCUT2D eigenvalue weighted by molar-refractivity contribution is 6.03. The maximum absolute atomic E-state index is 13.1. The number of methoxy groups -OCH3 is 1. The number of esters is 1. The molecule has 0 spiro atoms. The normalized spacial score (nSPS) is 19.4. The average Bonchev–Trinajstić information content (AvgIpc) is 3.35. The first-order chi connectivity index (χ1) is 13.8. The second-order valence-electron chi connectivity index (χ2n) is 8.06. The fraction of sp³-hybridized carbons (Fsp3) is 0.667. The molecule has 0 aliphatic carbocycles. The molecule has 8 heteroatoms. The van der Waals surface area contributed by atoms with Gasteiger partial charge in [0.15, 0.2) is 5.78 Å². The number of likely N-dealkylation sites (tertiary alicyclic amines) is 1. The largest absolute Gasteiger partial charge is 0.465 e. The molecular formula is C21H32N4O4.